The van der Waals surface area contributed by atoms with Gasteiger partial charge in [0.05, 0.1) is 6.54 Å². The lowest BCUT2D eigenvalue weighted by molar-refractivity contribution is 0.395. The molecule has 0 aliphatic rings. The molecular formula is C10H17N3. The number of hydrazine groups is 1. The summed E-state index contributed by atoms with van der Waals surface area (Å²) >= 11 is 0. The van der Waals surface area contributed by atoms with Gasteiger partial charge in [-0.15, -0.1) is 0 Å². The minimum atomic E-state index is 0.621. The van der Waals surface area contributed by atoms with Crippen LogP contribution in [0.15, 0.2) is 36.1 Å². The van der Waals surface area contributed by atoms with Crippen molar-refractivity contribution in [1.82, 2.24) is 5.01 Å². The van der Waals surface area contributed by atoms with Crippen molar-refractivity contribution in [3.63, 3.8) is 0 Å². The van der Waals surface area contributed by atoms with E-state index in [9.17, 15) is 0 Å². The van der Waals surface area contributed by atoms with Gasteiger partial charge >= 0.3 is 0 Å². The van der Waals surface area contributed by atoms with Crippen molar-refractivity contribution in [2.75, 3.05) is 6.54 Å². The number of hydrogen-bond donors (Lipinski definition) is 2. The van der Waals surface area contributed by atoms with Crippen molar-refractivity contribution >= 4 is 6.21 Å². The smallest absolute Gasteiger partial charge is 0.0585 e. The third-order valence-corrected chi connectivity index (χ3v) is 1.62. The van der Waals surface area contributed by atoms with E-state index < -0.39 is 0 Å². The van der Waals surface area contributed by atoms with Crippen LogP contribution in [0.1, 0.15) is 13.8 Å². The van der Waals surface area contributed by atoms with E-state index in [2.05, 4.69) is 6.58 Å². The standard InChI is InChI=1S/C10H17N3/c1-4-10(6-5-7-11)8-13(12)9(2)3/h4-7,11H,2,8,12H2,1,3H3/b6-5-,10-4+,11-7?. The molecule has 0 fully saturated rings. The van der Waals surface area contributed by atoms with Crippen LogP contribution >= 0.6 is 0 Å². The van der Waals surface area contributed by atoms with Crippen molar-refractivity contribution < 1.29 is 0 Å². The molecule has 0 saturated carbocycles. The molecule has 0 aromatic carbocycles. The van der Waals surface area contributed by atoms with E-state index in [0.717, 1.165) is 11.3 Å². The molecule has 0 amide bonds. The Morgan fingerprint density at radius 1 is 1.62 bits per heavy atom. The summed E-state index contributed by atoms with van der Waals surface area (Å²) < 4.78 is 0. The van der Waals surface area contributed by atoms with Gasteiger partial charge in [0.15, 0.2) is 0 Å². The topological polar surface area (TPSA) is 53.1 Å². The molecular weight excluding hydrogens is 162 g/mol. The Kier molecular flexibility index (Phi) is 5.55. The lowest BCUT2D eigenvalue weighted by Gasteiger charge is -2.18. The fourth-order valence-corrected chi connectivity index (χ4v) is 0.744. The average Bonchev–Trinajstić information content (AvgIpc) is 2.11. The highest BCUT2D eigenvalue weighted by atomic mass is 15.4. The predicted octanol–water partition coefficient (Wildman–Crippen LogP) is 1.85. The van der Waals surface area contributed by atoms with Gasteiger partial charge in [-0.3, -0.25) is 0 Å². The van der Waals surface area contributed by atoms with Gasteiger partial charge in [0.1, 0.15) is 0 Å². The van der Waals surface area contributed by atoms with Crippen molar-refractivity contribution in [2.45, 2.75) is 13.8 Å². The Bertz CT molecular complexity index is 239. The van der Waals surface area contributed by atoms with Crippen LogP contribution in [-0.4, -0.2) is 17.8 Å². The molecule has 0 bridgehead atoms. The van der Waals surface area contributed by atoms with Gasteiger partial charge in [0, 0.05) is 11.9 Å². The third kappa shape index (κ3) is 4.98. The van der Waals surface area contributed by atoms with E-state index in [1.807, 2.05) is 26.0 Å². The summed E-state index contributed by atoms with van der Waals surface area (Å²) in [6, 6.07) is 0. The van der Waals surface area contributed by atoms with Crippen molar-refractivity contribution in [2.24, 2.45) is 5.84 Å². The molecule has 0 aliphatic carbocycles. The summed E-state index contributed by atoms with van der Waals surface area (Å²) in [7, 11) is 0. The highest BCUT2D eigenvalue weighted by Crippen LogP contribution is 2.01. The molecule has 0 aliphatic heterocycles. The lowest BCUT2D eigenvalue weighted by Crippen LogP contribution is -2.30. The van der Waals surface area contributed by atoms with Crippen LogP contribution in [0, 0.1) is 5.41 Å². The normalized spacial score (nSPS) is 11.8. The third-order valence-electron chi connectivity index (χ3n) is 1.62. The molecule has 0 saturated heterocycles. The molecule has 0 heterocycles. The molecule has 0 aromatic heterocycles. The molecule has 0 unspecified atom stereocenters. The summed E-state index contributed by atoms with van der Waals surface area (Å²) in [5.41, 5.74) is 1.89. The minimum Gasteiger partial charge on any atom is -0.312 e. The van der Waals surface area contributed by atoms with Crippen molar-refractivity contribution in [1.29, 1.82) is 5.41 Å². The first-order valence-electron chi connectivity index (χ1n) is 4.12. The summed E-state index contributed by atoms with van der Waals surface area (Å²) in [6.45, 7) is 8.14. The zero-order chi connectivity index (χ0) is 10.3. The molecule has 0 radical (unpaired) electrons. The van der Waals surface area contributed by atoms with Crippen LogP contribution in [0.4, 0.5) is 0 Å². The molecule has 3 nitrogen and oxygen atoms in total. The maximum absolute atomic E-state index is 6.84. The fourth-order valence-electron chi connectivity index (χ4n) is 0.744. The Balaban J connectivity index is 4.22. The number of rotatable bonds is 5. The molecule has 0 aromatic rings. The molecule has 72 valence electrons. The van der Waals surface area contributed by atoms with E-state index in [1.54, 1.807) is 11.1 Å². The first-order chi connectivity index (χ1) is 6.11. The van der Waals surface area contributed by atoms with Crippen molar-refractivity contribution in [3.05, 3.63) is 36.1 Å². The fraction of sp³-hybridized carbons (Fsp3) is 0.300. The van der Waals surface area contributed by atoms with Gasteiger partial charge in [-0.25, -0.2) is 5.84 Å². The van der Waals surface area contributed by atoms with Crippen LogP contribution in [0.2, 0.25) is 0 Å². The first-order valence-corrected chi connectivity index (χ1v) is 4.12. The molecule has 0 rings (SSSR count). The second kappa shape index (κ2) is 6.20. The maximum Gasteiger partial charge on any atom is 0.0585 e. The average molecular weight is 179 g/mol. The number of allylic oxidation sites excluding steroid dienone is 3. The van der Waals surface area contributed by atoms with Gasteiger partial charge in [-0.1, -0.05) is 18.7 Å². The van der Waals surface area contributed by atoms with Crippen LogP contribution in [0.25, 0.3) is 0 Å². The predicted molar refractivity (Wildman–Crippen MR) is 57.4 cm³/mol. The Labute approximate surface area is 79.7 Å². The monoisotopic (exact) mass is 179 g/mol. The highest BCUT2D eigenvalue weighted by molar-refractivity contribution is 5.68. The maximum atomic E-state index is 6.84. The lowest BCUT2D eigenvalue weighted by atomic mass is 10.2. The highest BCUT2D eigenvalue weighted by Gasteiger charge is 1.98. The summed E-state index contributed by atoms with van der Waals surface area (Å²) in [4.78, 5) is 0. The zero-order valence-electron chi connectivity index (χ0n) is 8.25. The summed E-state index contributed by atoms with van der Waals surface area (Å²) in [5, 5.41) is 8.41. The van der Waals surface area contributed by atoms with Gasteiger partial charge in [-0.2, -0.15) is 0 Å². The van der Waals surface area contributed by atoms with E-state index in [-0.39, 0.29) is 0 Å². The second-order valence-electron chi connectivity index (χ2n) is 2.75. The molecule has 3 N–H and O–H groups in total. The van der Waals surface area contributed by atoms with Crippen LogP contribution in [0.3, 0.4) is 0 Å². The summed E-state index contributed by atoms with van der Waals surface area (Å²) in [6.07, 6.45) is 6.73. The molecule has 0 atom stereocenters. The SMILES string of the molecule is C=C(C)N(N)CC(/C=C\C=N)=C/C. The molecule has 3 heteroatoms. The molecule has 13 heavy (non-hydrogen) atoms. The van der Waals surface area contributed by atoms with Gasteiger partial charge in [0.25, 0.3) is 0 Å². The quantitative estimate of drug-likeness (QED) is 0.293. The number of nitrogens with two attached hydrogens (primary N) is 1. The van der Waals surface area contributed by atoms with Gasteiger partial charge in [0.2, 0.25) is 0 Å². The largest absolute Gasteiger partial charge is 0.312 e. The Morgan fingerprint density at radius 2 is 2.23 bits per heavy atom. The van der Waals surface area contributed by atoms with Crippen molar-refractivity contribution in [3.8, 4) is 0 Å². The first kappa shape index (κ1) is 11.6. The summed E-state index contributed by atoms with van der Waals surface area (Å²) in [5.74, 6) is 5.67. The van der Waals surface area contributed by atoms with Crippen LogP contribution in [-0.2, 0) is 0 Å². The van der Waals surface area contributed by atoms with Crippen LogP contribution in [0.5, 0.6) is 0 Å². The molecule has 0 spiro atoms. The Hall–Kier alpha value is -1.35. The van der Waals surface area contributed by atoms with Gasteiger partial charge < -0.3 is 10.4 Å². The Morgan fingerprint density at radius 3 is 2.62 bits per heavy atom. The number of nitrogens with one attached hydrogen (secondary N) is 1. The second-order valence-corrected chi connectivity index (χ2v) is 2.75. The van der Waals surface area contributed by atoms with E-state index >= 15 is 0 Å². The van der Waals surface area contributed by atoms with Crippen LogP contribution < -0.4 is 5.84 Å². The zero-order valence-corrected chi connectivity index (χ0v) is 8.25. The van der Waals surface area contributed by atoms with Gasteiger partial charge in [-0.05, 0) is 25.5 Å². The van der Waals surface area contributed by atoms with E-state index in [1.165, 1.54) is 6.21 Å². The number of hydrogen-bond acceptors (Lipinski definition) is 3. The number of nitrogens with zero attached hydrogens (tertiary/aromatic N) is 1. The minimum absolute atomic E-state index is 0.621. The van der Waals surface area contributed by atoms with E-state index in [4.69, 9.17) is 11.3 Å². The van der Waals surface area contributed by atoms with E-state index in [0.29, 0.717) is 6.54 Å².